The molecule has 0 saturated carbocycles. The zero-order chi connectivity index (χ0) is 18.8. The second-order valence-corrected chi connectivity index (χ2v) is 6.17. The van der Waals surface area contributed by atoms with E-state index in [0.717, 1.165) is 18.2 Å². The Morgan fingerprint density at radius 1 is 1.32 bits per heavy atom. The summed E-state index contributed by atoms with van der Waals surface area (Å²) in [6.07, 6.45) is -3.48. The highest BCUT2D eigenvalue weighted by molar-refractivity contribution is 7.11. The van der Waals surface area contributed by atoms with Crippen molar-refractivity contribution >= 4 is 16.9 Å². The molecule has 0 atom stereocenters. The molecule has 0 unspecified atom stereocenters. The number of hydrogen-bond acceptors (Lipinski definition) is 4. The maximum absolute atomic E-state index is 13.8. The van der Waals surface area contributed by atoms with Crippen molar-refractivity contribution < 1.29 is 22.7 Å². The van der Waals surface area contributed by atoms with Gasteiger partial charge in [0.05, 0.1) is 11.1 Å². The fraction of sp³-hybridized carbons (Fsp3) is 0.250. The molecule has 1 aromatic carbocycles. The highest BCUT2D eigenvalue weighted by Gasteiger charge is 2.34. The number of benzene rings is 1. The molecule has 25 heavy (non-hydrogen) atoms. The van der Waals surface area contributed by atoms with Crippen LogP contribution in [0.15, 0.2) is 33.9 Å². The predicted molar refractivity (Wildman–Crippen MR) is 86.2 cm³/mol. The van der Waals surface area contributed by atoms with Gasteiger partial charge in [-0.25, -0.2) is 4.39 Å². The number of aromatic amines is 1. The first-order chi connectivity index (χ1) is 11.6. The third-order valence-corrected chi connectivity index (χ3v) is 4.19. The van der Waals surface area contributed by atoms with Crippen molar-refractivity contribution in [2.45, 2.75) is 25.9 Å². The van der Waals surface area contributed by atoms with Gasteiger partial charge in [0.25, 0.3) is 5.56 Å². The van der Waals surface area contributed by atoms with Crippen LogP contribution in [0.2, 0.25) is 0 Å². The average Bonchev–Trinajstić information content (AvgIpc) is 2.46. The van der Waals surface area contributed by atoms with Crippen molar-refractivity contribution in [1.29, 1.82) is 0 Å². The van der Waals surface area contributed by atoms with Crippen LogP contribution in [-0.2, 0) is 12.6 Å². The molecule has 2 rings (SSSR count). The van der Waals surface area contributed by atoms with E-state index in [1.54, 1.807) is 0 Å². The maximum Gasteiger partial charge on any atom is 0.416 e. The van der Waals surface area contributed by atoms with Gasteiger partial charge >= 0.3 is 11.0 Å². The van der Waals surface area contributed by atoms with Gasteiger partial charge in [-0.1, -0.05) is 12.1 Å². The first-order valence-electron chi connectivity index (χ1n) is 7.09. The molecule has 0 amide bonds. The third kappa shape index (κ3) is 4.36. The molecule has 134 valence electrons. The van der Waals surface area contributed by atoms with Crippen LogP contribution in [0.4, 0.5) is 17.6 Å². The summed E-state index contributed by atoms with van der Waals surface area (Å²) in [5, 5.41) is 9.22. The Balaban J connectivity index is 2.28. The van der Waals surface area contributed by atoms with Crippen LogP contribution in [0.5, 0.6) is 5.06 Å². The quantitative estimate of drug-likeness (QED) is 0.801. The van der Waals surface area contributed by atoms with Gasteiger partial charge in [-0.15, -0.1) is 0 Å². The van der Waals surface area contributed by atoms with Crippen LogP contribution in [0.3, 0.4) is 0 Å². The summed E-state index contributed by atoms with van der Waals surface area (Å²) in [5.41, 5.74) is -2.15. The van der Waals surface area contributed by atoms with Crippen LogP contribution >= 0.6 is 11.3 Å². The zero-order valence-electron chi connectivity index (χ0n) is 12.9. The summed E-state index contributed by atoms with van der Waals surface area (Å²) in [7, 11) is 0. The number of alkyl halides is 3. The van der Waals surface area contributed by atoms with Gasteiger partial charge in [-0.05, 0) is 48.8 Å². The predicted octanol–water partition coefficient (Wildman–Crippen LogP) is 3.70. The second-order valence-electron chi connectivity index (χ2n) is 5.21. The lowest BCUT2D eigenvalue weighted by molar-refractivity contribution is -0.138. The molecule has 0 aliphatic rings. The Hall–Kier alpha value is -2.42. The molecule has 0 aliphatic heterocycles. The molecule has 0 bridgehead atoms. The van der Waals surface area contributed by atoms with Gasteiger partial charge < -0.3 is 5.11 Å². The highest BCUT2D eigenvalue weighted by atomic mass is 32.1. The van der Waals surface area contributed by atoms with Crippen molar-refractivity contribution in [3.63, 3.8) is 0 Å². The molecule has 9 heteroatoms. The first-order valence-corrected chi connectivity index (χ1v) is 7.91. The summed E-state index contributed by atoms with van der Waals surface area (Å²) in [5.74, 6) is -0.959. The van der Waals surface area contributed by atoms with E-state index in [1.165, 1.54) is 13.0 Å². The number of H-pyrrole nitrogens is 1. The molecule has 2 N–H and O–H groups in total. The number of allylic oxidation sites excluding steroid dienone is 2. The van der Waals surface area contributed by atoms with Gasteiger partial charge in [-0.2, -0.15) is 13.2 Å². The highest BCUT2D eigenvalue weighted by Crippen LogP contribution is 2.34. The topological polar surface area (TPSA) is 70.2 Å². The molecule has 0 radical (unpaired) electrons. The molecule has 0 fully saturated rings. The molecule has 1 heterocycles. The normalized spacial score (nSPS) is 12.4. The van der Waals surface area contributed by atoms with Gasteiger partial charge in [-0.3, -0.25) is 14.6 Å². The Labute approximate surface area is 143 Å². The second kappa shape index (κ2) is 7.22. The third-order valence-electron chi connectivity index (χ3n) is 3.51. The molecular formula is C16H13F4NO3S. The van der Waals surface area contributed by atoms with Crippen molar-refractivity contribution in [1.82, 2.24) is 4.98 Å². The van der Waals surface area contributed by atoms with Crippen LogP contribution in [-0.4, -0.2) is 10.1 Å². The SMILES string of the molecule is C/C(=C\CCc1c(F)cccc1C(F)(F)F)c1c(O)sc(=O)[nH]c1=O. The molecule has 0 spiro atoms. The van der Waals surface area contributed by atoms with Crippen LogP contribution < -0.4 is 10.4 Å². The minimum atomic E-state index is -4.67. The van der Waals surface area contributed by atoms with Gasteiger partial charge in [0.2, 0.25) is 0 Å². The van der Waals surface area contributed by atoms with Crippen molar-refractivity contribution in [3.05, 3.63) is 66.8 Å². The van der Waals surface area contributed by atoms with Crippen LogP contribution in [0.25, 0.3) is 5.57 Å². The fourth-order valence-corrected chi connectivity index (χ4v) is 3.05. The number of aromatic nitrogens is 1. The van der Waals surface area contributed by atoms with Crippen LogP contribution in [0.1, 0.15) is 30.0 Å². The number of rotatable bonds is 4. The zero-order valence-corrected chi connectivity index (χ0v) is 13.7. The van der Waals surface area contributed by atoms with Crippen molar-refractivity contribution in [2.24, 2.45) is 0 Å². The first kappa shape index (κ1) is 18.9. The summed E-state index contributed by atoms with van der Waals surface area (Å²) < 4.78 is 52.6. The minimum absolute atomic E-state index is 0.0124. The number of aromatic hydroxyl groups is 1. The lowest BCUT2D eigenvalue weighted by Gasteiger charge is -2.13. The molecule has 0 saturated heterocycles. The van der Waals surface area contributed by atoms with E-state index < -0.39 is 38.6 Å². The molecular weight excluding hydrogens is 362 g/mol. The van der Waals surface area contributed by atoms with E-state index in [4.69, 9.17) is 0 Å². The van der Waals surface area contributed by atoms with Crippen molar-refractivity contribution in [3.8, 4) is 5.06 Å². The van der Waals surface area contributed by atoms with E-state index in [1.807, 2.05) is 4.98 Å². The molecule has 2 aromatic rings. The minimum Gasteiger partial charge on any atom is -0.499 e. The van der Waals surface area contributed by atoms with E-state index in [2.05, 4.69) is 0 Å². The standard InChI is InChI=1S/C16H13F4NO3S/c1-8(12-13(22)21-15(24)25-14(12)23)4-2-5-9-10(16(18,19)20)6-3-7-11(9)17/h3-4,6-7,23H,2,5H2,1H3,(H,21,22,24)/b8-4+. The summed E-state index contributed by atoms with van der Waals surface area (Å²) >= 11 is 0.434. The smallest absolute Gasteiger partial charge is 0.416 e. The Morgan fingerprint density at radius 3 is 2.60 bits per heavy atom. The monoisotopic (exact) mass is 375 g/mol. The number of nitrogens with one attached hydrogen (secondary N) is 1. The molecule has 0 aliphatic carbocycles. The lowest BCUT2D eigenvalue weighted by Crippen LogP contribution is -2.19. The van der Waals surface area contributed by atoms with Gasteiger partial charge in [0, 0.05) is 5.56 Å². The average molecular weight is 375 g/mol. The largest absolute Gasteiger partial charge is 0.499 e. The number of halogens is 4. The molecule has 1 aromatic heterocycles. The van der Waals surface area contributed by atoms with E-state index in [9.17, 15) is 32.3 Å². The number of hydrogen-bond donors (Lipinski definition) is 2. The van der Waals surface area contributed by atoms with Gasteiger partial charge in [0.15, 0.2) is 5.06 Å². The van der Waals surface area contributed by atoms with E-state index >= 15 is 0 Å². The Bertz CT molecular complexity index is 928. The summed E-state index contributed by atoms with van der Waals surface area (Å²) in [6, 6.07) is 2.75. The Kier molecular flexibility index (Phi) is 5.46. The molecule has 4 nitrogen and oxygen atoms in total. The fourth-order valence-electron chi connectivity index (χ4n) is 2.38. The van der Waals surface area contributed by atoms with E-state index in [-0.39, 0.29) is 24.0 Å². The lowest BCUT2D eigenvalue weighted by atomic mass is 10.00. The van der Waals surface area contributed by atoms with Crippen LogP contribution in [0, 0.1) is 5.82 Å². The summed E-state index contributed by atoms with van der Waals surface area (Å²) in [4.78, 5) is 24.1. The summed E-state index contributed by atoms with van der Waals surface area (Å²) in [6.45, 7) is 1.47. The maximum atomic E-state index is 13.8. The van der Waals surface area contributed by atoms with Gasteiger partial charge in [0.1, 0.15) is 5.82 Å². The Morgan fingerprint density at radius 2 is 2.00 bits per heavy atom. The van der Waals surface area contributed by atoms with E-state index in [0.29, 0.717) is 11.3 Å². The van der Waals surface area contributed by atoms with Crippen molar-refractivity contribution in [2.75, 3.05) is 0 Å².